The molecule has 1 saturated heterocycles. The largest absolute Gasteiger partial charge is 0.378 e. The Kier molecular flexibility index (Phi) is 3.33. The maximum atomic E-state index is 10.8. The van der Waals surface area contributed by atoms with Crippen LogP contribution in [-0.2, 0) is 4.74 Å². The first-order valence-electron chi connectivity index (χ1n) is 5.29. The number of anilines is 2. The lowest BCUT2D eigenvalue weighted by Crippen LogP contribution is -2.20. The third-order valence-electron chi connectivity index (χ3n) is 2.55. The minimum Gasteiger partial charge on any atom is -0.378 e. The predicted molar refractivity (Wildman–Crippen MR) is 60.6 cm³/mol. The van der Waals surface area contributed by atoms with Crippen molar-refractivity contribution in [2.75, 3.05) is 24.2 Å². The van der Waals surface area contributed by atoms with Crippen LogP contribution < -0.4 is 11.1 Å². The first-order valence-corrected chi connectivity index (χ1v) is 5.29. The van der Waals surface area contributed by atoms with Crippen molar-refractivity contribution in [1.29, 1.82) is 0 Å². The second-order valence-electron chi connectivity index (χ2n) is 3.73. The van der Waals surface area contributed by atoms with Crippen LogP contribution in [0.1, 0.15) is 12.8 Å². The van der Waals surface area contributed by atoms with E-state index in [0.29, 0.717) is 6.54 Å². The Bertz CT molecular complexity index is 419. The van der Waals surface area contributed by atoms with Gasteiger partial charge < -0.3 is 15.8 Å². The molecule has 1 atom stereocenters. The van der Waals surface area contributed by atoms with Crippen molar-refractivity contribution in [3.05, 3.63) is 16.4 Å². The molecule has 0 saturated carbocycles. The molecule has 0 radical (unpaired) electrons. The van der Waals surface area contributed by atoms with Gasteiger partial charge in [0.25, 0.3) is 0 Å². The van der Waals surface area contributed by atoms with Gasteiger partial charge >= 0.3 is 5.69 Å². The molecular weight excluding hydrogens is 226 g/mol. The number of ether oxygens (including phenoxy) is 1. The molecule has 0 bridgehead atoms. The van der Waals surface area contributed by atoms with Gasteiger partial charge in [0, 0.05) is 13.2 Å². The van der Waals surface area contributed by atoms with Crippen LogP contribution in [0.25, 0.3) is 0 Å². The monoisotopic (exact) mass is 239 g/mol. The Morgan fingerprint density at radius 1 is 1.65 bits per heavy atom. The van der Waals surface area contributed by atoms with Crippen LogP contribution in [0, 0.1) is 10.1 Å². The normalized spacial score (nSPS) is 19.2. The number of nitrogens with two attached hydrogens (primary N) is 1. The molecule has 8 heteroatoms. The second kappa shape index (κ2) is 4.91. The number of aromatic nitrogens is 2. The van der Waals surface area contributed by atoms with Gasteiger partial charge in [0.15, 0.2) is 0 Å². The van der Waals surface area contributed by atoms with E-state index in [1.807, 2.05) is 0 Å². The van der Waals surface area contributed by atoms with Crippen LogP contribution >= 0.6 is 0 Å². The predicted octanol–water partition coefficient (Wildman–Crippen LogP) is 0.558. The van der Waals surface area contributed by atoms with E-state index < -0.39 is 4.92 Å². The van der Waals surface area contributed by atoms with E-state index in [2.05, 4.69) is 15.3 Å². The molecular formula is C9H13N5O3. The van der Waals surface area contributed by atoms with Gasteiger partial charge in [0.05, 0.1) is 11.0 Å². The molecule has 8 nitrogen and oxygen atoms in total. The van der Waals surface area contributed by atoms with Crippen LogP contribution in [-0.4, -0.2) is 34.1 Å². The fourth-order valence-corrected chi connectivity index (χ4v) is 1.72. The summed E-state index contributed by atoms with van der Waals surface area (Å²) in [5.41, 5.74) is 5.16. The van der Waals surface area contributed by atoms with Gasteiger partial charge in [0.2, 0.25) is 11.6 Å². The number of hydrogen-bond donors (Lipinski definition) is 2. The summed E-state index contributed by atoms with van der Waals surface area (Å²) in [4.78, 5) is 17.6. The van der Waals surface area contributed by atoms with Crippen LogP contribution in [0.3, 0.4) is 0 Å². The Labute approximate surface area is 97.3 Å². The molecule has 0 aliphatic carbocycles. The summed E-state index contributed by atoms with van der Waals surface area (Å²) < 4.78 is 5.40. The Morgan fingerprint density at radius 3 is 3.12 bits per heavy atom. The van der Waals surface area contributed by atoms with Gasteiger partial charge in [-0.05, 0) is 12.8 Å². The number of rotatable bonds is 4. The average molecular weight is 239 g/mol. The summed E-state index contributed by atoms with van der Waals surface area (Å²) in [5.74, 6) is -0.00200. The molecule has 1 aliphatic rings. The molecule has 92 valence electrons. The molecule has 2 heterocycles. The lowest BCUT2D eigenvalue weighted by Gasteiger charge is -2.11. The molecule has 0 spiro atoms. The maximum absolute atomic E-state index is 10.8. The molecule has 2 rings (SSSR count). The summed E-state index contributed by atoms with van der Waals surface area (Å²) in [7, 11) is 0. The summed E-state index contributed by atoms with van der Waals surface area (Å²) in [6.07, 6.45) is 3.23. The van der Waals surface area contributed by atoms with Crippen LogP contribution in [0.2, 0.25) is 0 Å². The first-order chi connectivity index (χ1) is 8.18. The van der Waals surface area contributed by atoms with Gasteiger partial charge in [-0.1, -0.05) is 0 Å². The average Bonchev–Trinajstić information content (AvgIpc) is 2.78. The van der Waals surface area contributed by atoms with E-state index >= 15 is 0 Å². The minimum atomic E-state index is -0.590. The highest BCUT2D eigenvalue weighted by Crippen LogP contribution is 2.26. The van der Waals surface area contributed by atoms with E-state index in [1.54, 1.807) is 0 Å². The van der Waals surface area contributed by atoms with Gasteiger partial charge in [-0.3, -0.25) is 10.1 Å². The first kappa shape index (κ1) is 11.5. The Hall–Kier alpha value is -1.96. The molecule has 3 N–H and O–H groups in total. The summed E-state index contributed by atoms with van der Waals surface area (Å²) >= 11 is 0. The SMILES string of the molecule is Nc1ncnc(NC[C@H]2CCCO2)c1[N+](=O)[O-]. The molecule has 1 aliphatic heterocycles. The van der Waals surface area contributed by atoms with Crippen LogP contribution in [0.5, 0.6) is 0 Å². The molecule has 1 fully saturated rings. The highest BCUT2D eigenvalue weighted by Gasteiger charge is 2.22. The zero-order valence-electron chi connectivity index (χ0n) is 9.13. The molecule has 1 aromatic heterocycles. The molecule has 17 heavy (non-hydrogen) atoms. The summed E-state index contributed by atoms with van der Waals surface area (Å²) in [6, 6.07) is 0. The molecule has 0 amide bonds. The standard InChI is InChI=1S/C9H13N5O3/c10-8-7(14(15)16)9(13-5-12-8)11-4-6-2-1-3-17-6/h5-6H,1-4H2,(H3,10,11,12,13)/t6-/m1/s1. The Balaban J connectivity index is 2.09. The number of hydrogen-bond acceptors (Lipinski definition) is 7. The van der Waals surface area contributed by atoms with E-state index in [4.69, 9.17) is 10.5 Å². The van der Waals surface area contributed by atoms with Crippen molar-refractivity contribution >= 4 is 17.3 Å². The number of nitrogens with one attached hydrogen (secondary N) is 1. The topological polar surface area (TPSA) is 116 Å². The van der Waals surface area contributed by atoms with E-state index in [9.17, 15) is 10.1 Å². The van der Waals surface area contributed by atoms with E-state index in [-0.39, 0.29) is 23.4 Å². The number of nitrogen functional groups attached to an aromatic ring is 1. The van der Waals surface area contributed by atoms with Crippen molar-refractivity contribution in [2.45, 2.75) is 18.9 Å². The highest BCUT2D eigenvalue weighted by atomic mass is 16.6. The Morgan fingerprint density at radius 2 is 2.47 bits per heavy atom. The summed E-state index contributed by atoms with van der Waals surface area (Å²) in [6.45, 7) is 1.22. The van der Waals surface area contributed by atoms with E-state index in [0.717, 1.165) is 19.4 Å². The van der Waals surface area contributed by atoms with Crippen molar-refractivity contribution in [1.82, 2.24) is 9.97 Å². The van der Waals surface area contributed by atoms with Gasteiger partial charge in [-0.2, -0.15) is 0 Å². The minimum absolute atomic E-state index is 0.0748. The number of nitrogens with zero attached hydrogens (tertiary/aromatic N) is 3. The van der Waals surface area contributed by atoms with E-state index in [1.165, 1.54) is 6.33 Å². The zero-order chi connectivity index (χ0) is 12.3. The van der Waals surface area contributed by atoms with Crippen molar-refractivity contribution in [3.63, 3.8) is 0 Å². The van der Waals surface area contributed by atoms with Gasteiger partial charge in [-0.25, -0.2) is 9.97 Å². The molecule has 1 aromatic rings. The van der Waals surface area contributed by atoms with Crippen LogP contribution in [0.4, 0.5) is 17.3 Å². The highest BCUT2D eigenvalue weighted by molar-refractivity contribution is 5.67. The smallest absolute Gasteiger partial charge is 0.352 e. The summed E-state index contributed by atoms with van der Waals surface area (Å²) in [5, 5.41) is 13.7. The number of nitro groups is 1. The third kappa shape index (κ3) is 2.59. The maximum Gasteiger partial charge on any atom is 0.352 e. The van der Waals surface area contributed by atoms with Crippen molar-refractivity contribution in [3.8, 4) is 0 Å². The fourth-order valence-electron chi connectivity index (χ4n) is 1.72. The lowest BCUT2D eigenvalue weighted by atomic mass is 10.2. The van der Waals surface area contributed by atoms with Gasteiger partial charge in [0.1, 0.15) is 6.33 Å². The molecule has 0 unspecified atom stereocenters. The fraction of sp³-hybridized carbons (Fsp3) is 0.556. The molecule has 0 aromatic carbocycles. The van der Waals surface area contributed by atoms with Crippen molar-refractivity contribution < 1.29 is 9.66 Å². The third-order valence-corrected chi connectivity index (χ3v) is 2.55. The second-order valence-corrected chi connectivity index (χ2v) is 3.73. The van der Waals surface area contributed by atoms with Crippen molar-refractivity contribution in [2.24, 2.45) is 0 Å². The quantitative estimate of drug-likeness (QED) is 0.582. The zero-order valence-corrected chi connectivity index (χ0v) is 9.13. The van der Waals surface area contributed by atoms with Crippen LogP contribution in [0.15, 0.2) is 6.33 Å². The lowest BCUT2D eigenvalue weighted by molar-refractivity contribution is -0.383. The van der Waals surface area contributed by atoms with Gasteiger partial charge in [-0.15, -0.1) is 0 Å².